The highest BCUT2D eigenvalue weighted by atomic mass is 16.5. The predicted molar refractivity (Wildman–Crippen MR) is 116 cm³/mol. The number of hydrogen-bond donors (Lipinski definition) is 1. The molecule has 31 heavy (non-hydrogen) atoms. The summed E-state index contributed by atoms with van der Waals surface area (Å²) >= 11 is 0. The molecule has 0 aromatic heterocycles. The highest BCUT2D eigenvalue weighted by molar-refractivity contribution is 5.94. The molecule has 1 fully saturated rings. The highest BCUT2D eigenvalue weighted by Crippen LogP contribution is 2.18. The second kappa shape index (κ2) is 11.2. The van der Waals surface area contributed by atoms with Gasteiger partial charge in [-0.15, -0.1) is 0 Å². The molecule has 2 aromatic rings. The lowest BCUT2D eigenvalue weighted by atomic mass is 10.0. The molecule has 1 aliphatic heterocycles. The molecule has 0 spiro atoms. The molecule has 7 nitrogen and oxygen atoms in total. The van der Waals surface area contributed by atoms with Crippen LogP contribution in [0.1, 0.15) is 43.0 Å². The average molecular weight is 424 g/mol. The highest BCUT2D eigenvalue weighted by Gasteiger charge is 2.24. The summed E-state index contributed by atoms with van der Waals surface area (Å²) in [5, 5.41) is 3.06. The zero-order chi connectivity index (χ0) is 22.1. The van der Waals surface area contributed by atoms with Crippen molar-refractivity contribution in [3.05, 3.63) is 60.2 Å². The van der Waals surface area contributed by atoms with Crippen LogP contribution >= 0.6 is 0 Å². The Balaban J connectivity index is 1.37. The van der Waals surface area contributed by atoms with Gasteiger partial charge in [-0.05, 0) is 49.6 Å². The average Bonchev–Trinajstić information content (AvgIpc) is 2.77. The second-order valence-electron chi connectivity index (χ2n) is 7.52. The fourth-order valence-corrected chi connectivity index (χ4v) is 3.51. The molecule has 2 amide bonds. The lowest BCUT2D eigenvalue weighted by Gasteiger charge is -2.32. The van der Waals surface area contributed by atoms with Gasteiger partial charge in [0.1, 0.15) is 11.5 Å². The van der Waals surface area contributed by atoms with Crippen LogP contribution in [0.2, 0.25) is 0 Å². The van der Waals surface area contributed by atoms with Gasteiger partial charge in [-0.1, -0.05) is 24.3 Å². The Hall–Kier alpha value is -3.35. The summed E-state index contributed by atoms with van der Waals surface area (Å²) in [6.45, 7) is 2.96. The molecule has 0 saturated carbocycles. The van der Waals surface area contributed by atoms with Gasteiger partial charge in [-0.2, -0.15) is 0 Å². The summed E-state index contributed by atoms with van der Waals surface area (Å²) in [7, 11) is 0. The number of amides is 2. The van der Waals surface area contributed by atoms with Crippen molar-refractivity contribution in [2.45, 2.75) is 38.6 Å². The fraction of sp³-hybridized carbons (Fsp3) is 0.375. The van der Waals surface area contributed by atoms with E-state index in [2.05, 4.69) is 5.32 Å². The number of ether oxygens (including phenoxy) is 2. The van der Waals surface area contributed by atoms with Crippen LogP contribution in [0.15, 0.2) is 54.6 Å². The SMILES string of the molecule is CC(=O)Oc1cccc(C(=O)N2CCC(NC(=O)CCCOc3ccccc3)CC2)c1. The molecule has 1 saturated heterocycles. The Labute approximate surface area is 182 Å². The normalized spacial score (nSPS) is 14.0. The van der Waals surface area contributed by atoms with E-state index in [0.29, 0.717) is 56.7 Å². The molecule has 0 aliphatic carbocycles. The minimum Gasteiger partial charge on any atom is -0.494 e. The third kappa shape index (κ3) is 7.13. The van der Waals surface area contributed by atoms with Gasteiger partial charge < -0.3 is 19.7 Å². The smallest absolute Gasteiger partial charge is 0.308 e. The van der Waals surface area contributed by atoms with Crippen LogP contribution in [0.5, 0.6) is 11.5 Å². The minimum atomic E-state index is -0.423. The maximum absolute atomic E-state index is 12.7. The molecule has 1 aliphatic rings. The zero-order valence-corrected chi connectivity index (χ0v) is 17.7. The summed E-state index contributed by atoms with van der Waals surface area (Å²) in [5.41, 5.74) is 0.486. The van der Waals surface area contributed by atoms with Crippen LogP contribution in [-0.4, -0.2) is 48.4 Å². The van der Waals surface area contributed by atoms with E-state index in [1.54, 1.807) is 29.2 Å². The number of carbonyl (C=O) groups excluding carboxylic acids is 3. The van der Waals surface area contributed by atoms with Crippen LogP contribution in [0, 0.1) is 0 Å². The number of benzene rings is 2. The van der Waals surface area contributed by atoms with E-state index in [-0.39, 0.29) is 17.9 Å². The number of piperidine rings is 1. The van der Waals surface area contributed by atoms with E-state index >= 15 is 0 Å². The number of likely N-dealkylation sites (tertiary alicyclic amines) is 1. The van der Waals surface area contributed by atoms with Gasteiger partial charge in [0.15, 0.2) is 0 Å². The molecule has 2 aromatic carbocycles. The van der Waals surface area contributed by atoms with E-state index in [1.165, 1.54) is 6.92 Å². The molecular formula is C24H28N2O5. The van der Waals surface area contributed by atoms with Gasteiger partial charge in [-0.25, -0.2) is 0 Å². The fourth-order valence-electron chi connectivity index (χ4n) is 3.51. The van der Waals surface area contributed by atoms with Crippen LogP contribution in [0.3, 0.4) is 0 Å². The van der Waals surface area contributed by atoms with E-state index in [4.69, 9.17) is 9.47 Å². The number of esters is 1. The molecule has 0 unspecified atom stereocenters. The maximum atomic E-state index is 12.7. The van der Waals surface area contributed by atoms with Gasteiger partial charge in [0.05, 0.1) is 6.61 Å². The Morgan fingerprint density at radius 1 is 1.00 bits per heavy atom. The monoisotopic (exact) mass is 424 g/mol. The number of rotatable bonds is 8. The molecule has 3 rings (SSSR count). The number of carbonyl (C=O) groups is 3. The van der Waals surface area contributed by atoms with Crippen LogP contribution < -0.4 is 14.8 Å². The van der Waals surface area contributed by atoms with Crippen molar-refractivity contribution in [3.8, 4) is 11.5 Å². The van der Waals surface area contributed by atoms with Crippen molar-refractivity contribution >= 4 is 17.8 Å². The van der Waals surface area contributed by atoms with Gasteiger partial charge in [0.25, 0.3) is 5.91 Å². The van der Waals surface area contributed by atoms with E-state index < -0.39 is 5.97 Å². The first-order valence-electron chi connectivity index (χ1n) is 10.6. The molecule has 7 heteroatoms. The topological polar surface area (TPSA) is 84.9 Å². The molecule has 0 bridgehead atoms. The van der Waals surface area contributed by atoms with Crippen molar-refractivity contribution in [1.82, 2.24) is 10.2 Å². The molecule has 0 radical (unpaired) electrons. The molecule has 1 N–H and O–H groups in total. The van der Waals surface area contributed by atoms with E-state index in [1.807, 2.05) is 30.3 Å². The molecule has 0 atom stereocenters. The number of nitrogens with zero attached hydrogens (tertiary/aromatic N) is 1. The van der Waals surface area contributed by atoms with Crippen molar-refractivity contribution in [1.29, 1.82) is 0 Å². The molecule has 1 heterocycles. The Kier molecular flexibility index (Phi) is 8.04. The Bertz CT molecular complexity index is 892. The first-order valence-corrected chi connectivity index (χ1v) is 10.6. The van der Waals surface area contributed by atoms with Crippen molar-refractivity contribution in [2.75, 3.05) is 19.7 Å². The first-order chi connectivity index (χ1) is 15.0. The van der Waals surface area contributed by atoms with Gasteiger partial charge in [0.2, 0.25) is 5.91 Å². The lowest BCUT2D eigenvalue weighted by molar-refractivity contribution is -0.132. The van der Waals surface area contributed by atoms with E-state index in [9.17, 15) is 14.4 Å². The molecule has 164 valence electrons. The Morgan fingerprint density at radius 2 is 1.71 bits per heavy atom. The quantitative estimate of drug-likeness (QED) is 0.400. The number of nitrogens with one attached hydrogen (secondary N) is 1. The third-order valence-electron chi connectivity index (χ3n) is 5.05. The van der Waals surface area contributed by atoms with Crippen LogP contribution in [0.25, 0.3) is 0 Å². The summed E-state index contributed by atoms with van der Waals surface area (Å²) < 4.78 is 10.7. The zero-order valence-electron chi connectivity index (χ0n) is 17.7. The van der Waals surface area contributed by atoms with Crippen LogP contribution in [-0.2, 0) is 9.59 Å². The van der Waals surface area contributed by atoms with Gasteiger partial charge in [-0.3, -0.25) is 14.4 Å². The standard InChI is InChI=1S/C24H28N2O5/c1-18(27)31-22-10-5-7-19(17-22)24(29)26-14-12-20(13-15-26)25-23(28)11-6-16-30-21-8-3-2-4-9-21/h2-5,7-10,17,20H,6,11-16H2,1H3,(H,25,28). The predicted octanol–water partition coefficient (Wildman–Crippen LogP) is 3.19. The second-order valence-corrected chi connectivity index (χ2v) is 7.52. The van der Waals surface area contributed by atoms with Crippen molar-refractivity contribution < 1.29 is 23.9 Å². The summed E-state index contributed by atoms with van der Waals surface area (Å²) in [5.74, 6) is 0.648. The van der Waals surface area contributed by atoms with E-state index in [0.717, 1.165) is 5.75 Å². The number of hydrogen-bond acceptors (Lipinski definition) is 5. The maximum Gasteiger partial charge on any atom is 0.308 e. The Morgan fingerprint density at radius 3 is 2.42 bits per heavy atom. The number of para-hydroxylation sites is 1. The van der Waals surface area contributed by atoms with Gasteiger partial charge >= 0.3 is 5.97 Å². The first kappa shape index (κ1) is 22.3. The third-order valence-corrected chi connectivity index (χ3v) is 5.05. The summed E-state index contributed by atoms with van der Waals surface area (Å²) in [6, 6.07) is 16.2. The van der Waals surface area contributed by atoms with Crippen molar-refractivity contribution in [3.63, 3.8) is 0 Å². The summed E-state index contributed by atoms with van der Waals surface area (Å²) in [6.07, 6.45) is 2.48. The van der Waals surface area contributed by atoms with Gasteiger partial charge in [0, 0.05) is 38.0 Å². The van der Waals surface area contributed by atoms with Crippen LogP contribution in [0.4, 0.5) is 0 Å². The summed E-state index contributed by atoms with van der Waals surface area (Å²) in [4.78, 5) is 37.8. The van der Waals surface area contributed by atoms with Crippen molar-refractivity contribution in [2.24, 2.45) is 0 Å². The lowest BCUT2D eigenvalue weighted by Crippen LogP contribution is -2.46. The minimum absolute atomic E-state index is 0.00974. The molecular weight excluding hydrogens is 396 g/mol. The largest absolute Gasteiger partial charge is 0.494 e.